The topological polar surface area (TPSA) is 63.9 Å². The lowest BCUT2D eigenvalue weighted by Crippen LogP contribution is -2.39. The van der Waals surface area contributed by atoms with Gasteiger partial charge < -0.3 is 13.9 Å². The van der Waals surface area contributed by atoms with Crippen LogP contribution in [0.4, 0.5) is 0 Å². The smallest absolute Gasteiger partial charge is 0.308 e. The minimum atomic E-state index is -0.320. The Kier molecular flexibility index (Phi) is 4.60. The summed E-state index contributed by atoms with van der Waals surface area (Å²) in [5.41, 5.74) is 4.99. The number of amides is 1. The monoisotopic (exact) mass is 382 g/mol. The number of benzene rings is 1. The van der Waals surface area contributed by atoms with Gasteiger partial charge in [0.25, 0.3) is 0 Å². The van der Waals surface area contributed by atoms with Gasteiger partial charge in [0.05, 0.1) is 37.1 Å². The molecule has 0 aliphatic carbocycles. The first kappa shape index (κ1) is 17.2. The maximum atomic E-state index is 13.0. The van der Waals surface area contributed by atoms with Gasteiger partial charge in [-0.1, -0.05) is 12.1 Å². The highest BCUT2D eigenvalue weighted by atomic mass is 32.1. The van der Waals surface area contributed by atoms with Crippen LogP contribution < -0.4 is 14.9 Å². The largest absolute Gasteiger partial charge is 0.493 e. The summed E-state index contributed by atoms with van der Waals surface area (Å²) in [5, 5.41) is 3.56. The maximum Gasteiger partial charge on any atom is 0.308 e. The molecule has 0 unspecified atom stereocenters. The van der Waals surface area contributed by atoms with Crippen molar-refractivity contribution in [3.63, 3.8) is 0 Å². The third kappa shape index (κ3) is 3.17. The highest BCUT2D eigenvalue weighted by Crippen LogP contribution is 2.37. The predicted molar refractivity (Wildman–Crippen MR) is 103 cm³/mol. The SMILES string of the molecule is COc1ccc([C@@H]2C=C(c3cccs3)NN2C(=O)c2ccco2)cc1OC. The van der Waals surface area contributed by atoms with E-state index in [1.54, 1.807) is 42.7 Å². The van der Waals surface area contributed by atoms with E-state index in [0.29, 0.717) is 11.5 Å². The second kappa shape index (κ2) is 7.20. The van der Waals surface area contributed by atoms with E-state index in [9.17, 15) is 4.79 Å². The van der Waals surface area contributed by atoms with E-state index in [0.717, 1.165) is 16.1 Å². The molecule has 0 saturated heterocycles. The molecule has 27 heavy (non-hydrogen) atoms. The van der Waals surface area contributed by atoms with Crippen LogP contribution in [0.3, 0.4) is 0 Å². The molecule has 1 amide bonds. The average Bonchev–Trinajstić information content (AvgIpc) is 3.47. The van der Waals surface area contributed by atoms with E-state index in [1.165, 1.54) is 6.26 Å². The Labute approximate surface area is 160 Å². The van der Waals surface area contributed by atoms with Crippen LogP contribution in [0, 0.1) is 0 Å². The van der Waals surface area contributed by atoms with E-state index in [-0.39, 0.29) is 17.7 Å². The summed E-state index contributed by atoms with van der Waals surface area (Å²) < 4.78 is 16.0. The van der Waals surface area contributed by atoms with E-state index in [4.69, 9.17) is 13.9 Å². The third-order valence-corrected chi connectivity index (χ3v) is 5.23. The van der Waals surface area contributed by atoms with Crippen molar-refractivity contribution < 1.29 is 18.7 Å². The number of rotatable bonds is 5. The van der Waals surface area contributed by atoms with Gasteiger partial charge in [-0.3, -0.25) is 10.2 Å². The van der Waals surface area contributed by atoms with Crippen LogP contribution in [0.5, 0.6) is 11.5 Å². The average molecular weight is 382 g/mol. The molecule has 3 aromatic rings. The number of furan rings is 1. The molecule has 0 saturated carbocycles. The van der Waals surface area contributed by atoms with E-state index in [1.807, 2.05) is 41.8 Å². The zero-order valence-electron chi connectivity index (χ0n) is 14.8. The van der Waals surface area contributed by atoms with Gasteiger partial charge in [0.15, 0.2) is 17.3 Å². The normalized spacial score (nSPS) is 16.0. The standard InChI is InChI=1S/C20H18N2O4S/c1-24-16-8-7-13(11-18(16)25-2)15-12-14(19-6-4-10-27-19)21-22(15)20(23)17-5-3-9-26-17/h3-12,15,21H,1-2H3/t15-/m0/s1. The molecule has 1 N–H and O–H groups in total. The summed E-state index contributed by atoms with van der Waals surface area (Å²) in [6, 6.07) is 12.6. The second-order valence-electron chi connectivity index (χ2n) is 5.88. The highest BCUT2D eigenvalue weighted by Gasteiger charge is 2.33. The molecule has 4 rings (SSSR count). The summed E-state index contributed by atoms with van der Waals surface area (Å²) in [6.07, 6.45) is 3.51. The first-order chi connectivity index (χ1) is 13.2. The van der Waals surface area contributed by atoms with Crippen molar-refractivity contribution in [1.29, 1.82) is 0 Å². The Morgan fingerprint density at radius 3 is 2.67 bits per heavy atom. The molecular weight excluding hydrogens is 364 g/mol. The van der Waals surface area contributed by atoms with Gasteiger partial charge in [-0.15, -0.1) is 11.3 Å². The molecule has 1 aliphatic rings. The van der Waals surface area contributed by atoms with Crippen molar-refractivity contribution in [1.82, 2.24) is 10.4 Å². The quantitative estimate of drug-likeness (QED) is 0.720. The van der Waals surface area contributed by atoms with Crippen molar-refractivity contribution in [2.75, 3.05) is 14.2 Å². The van der Waals surface area contributed by atoms with E-state index >= 15 is 0 Å². The molecule has 1 atom stereocenters. The maximum absolute atomic E-state index is 13.0. The Morgan fingerprint density at radius 1 is 1.15 bits per heavy atom. The highest BCUT2D eigenvalue weighted by molar-refractivity contribution is 7.11. The molecule has 3 heterocycles. The Bertz CT molecular complexity index is 964. The van der Waals surface area contributed by atoms with Crippen molar-refractivity contribution in [3.05, 3.63) is 76.4 Å². The lowest BCUT2D eigenvalue weighted by molar-refractivity contribution is 0.0639. The molecular formula is C20H18N2O4S. The fraction of sp³-hybridized carbons (Fsp3) is 0.150. The number of nitrogens with zero attached hydrogens (tertiary/aromatic N) is 1. The molecule has 0 bridgehead atoms. The van der Waals surface area contributed by atoms with Crippen LogP contribution >= 0.6 is 11.3 Å². The fourth-order valence-electron chi connectivity index (χ4n) is 3.02. The third-order valence-electron chi connectivity index (χ3n) is 4.33. The number of methoxy groups -OCH3 is 2. The summed E-state index contributed by atoms with van der Waals surface area (Å²) in [4.78, 5) is 14.0. The molecule has 0 fully saturated rings. The first-order valence-electron chi connectivity index (χ1n) is 8.32. The van der Waals surface area contributed by atoms with Crippen LogP contribution in [0.15, 0.2) is 64.6 Å². The molecule has 6 nitrogen and oxygen atoms in total. The zero-order chi connectivity index (χ0) is 18.8. The summed E-state index contributed by atoms with van der Waals surface area (Å²) in [7, 11) is 3.18. The van der Waals surface area contributed by atoms with Gasteiger partial charge in [0, 0.05) is 0 Å². The minimum Gasteiger partial charge on any atom is -0.493 e. The van der Waals surface area contributed by atoms with Crippen LogP contribution in [-0.4, -0.2) is 25.1 Å². The van der Waals surface area contributed by atoms with Gasteiger partial charge in [0.2, 0.25) is 0 Å². The molecule has 1 aromatic carbocycles. The number of carbonyl (C=O) groups is 1. The lowest BCUT2D eigenvalue weighted by atomic mass is 10.0. The minimum absolute atomic E-state index is 0.248. The Balaban J connectivity index is 1.74. The second-order valence-corrected chi connectivity index (χ2v) is 6.83. The number of thiophene rings is 1. The number of hydrogen-bond acceptors (Lipinski definition) is 6. The molecule has 0 spiro atoms. The van der Waals surface area contributed by atoms with Crippen LogP contribution in [0.1, 0.15) is 27.0 Å². The van der Waals surface area contributed by atoms with E-state index in [2.05, 4.69) is 5.43 Å². The molecule has 2 aromatic heterocycles. The summed E-state index contributed by atoms with van der Waals surface area (Å²) >= 11 is 1.61. The Hall–Kier alpha value is -3.19. The van der Waals surface area contributed by atoms with Gasteiger partial charge in [0.1, 0.15) is 0 Å². The van der Waals surface area contributed by atoms with E-state index < -0.39 is 0 Å². The van der Waals surface area contributed by atoms with Gasteiger partial charge >= 0.3 is 5.91 Å². The first-order valence-corrected chi connectivity index (χ1v) is 9.20. The van der Waals surface area contributed by atoms with Crippen molar-refractivity contribution in [2.24, 2.45) is 0 Å². The van der Waals surface area contributed by atoms with Crippen molar-refractivity contribution in [3.8, 4) is 11.5 Å². The molecule has 0 radical (unpaired) electrons. The van der Waals surface area contributed by atoms with Crippen molar-refractivity contribution in [2.45, 2.75) is 6.04 Å². The number of nitrogens with one attached hydrogen (secondary N) is 1. The van der Waals surface area contributed by atoms with Gasteiger partial charge in [-0.2, -0.15) is 0 Å². The summed E-state index contributed by atoms with van der Waals surface area (Å²) in [6.45, 7) is 0. The molecule has 1 aliphatic heterocycles. The van der Waals surface area contributed by atoms with Gasteiger partial charge in [-0.25, -0.2) is 5.01 Å². The van der Waals surface area contributed by atoms with Gasteiger partial charge in [-0.05, 0) is 47.4 Å². The number of hydrazine groups is 1. The fourth-order valence-corrected chi connectivity index (χ4v) is 3.72. The lowest BCUT2D eigenvalue weighted by Gasteiger charge is -2.25. The number of carbonyl (C=O) groups excluding carboxylic acids is 1. The van der Waals surface area contributed by atoms with Crippen LogP contribution in [0.25, 0.3) is 5.70 Å². The zero-order valence-corrected chi connectivity index (χ0v) is 15.7. The molecule has 138 valence electrons. The number of hydrogen-bond donors (Lipinski definition) is 1. The predicted octanol–water partition coefficient (Wildman–Crippen LogP) is 4.10. The Morgan fingerprint density at radius 2 is 2.00 bits per heavy atom. The van der Waals surface area contributed by atoms with Crippen LogP contribution in [-0.2, 0) is 0 Å². The number of ether oxygens (including phenoxy) is 2. The summed E-state index contributed by atoms with van der Waals surface area (Å²) in [5.74, 6) is 1.27. The van der Waals surface area contributed by atoms with Crippen LogP contribution in [0.2, 0.25) is 0 Å². The van der Waals surface area contributed by atoms with Crippen molar-refractivity contribution >= 4 is 22.9 Å². The molecule has 7 heteroatoms.